The van der Waals surface area contributed by atoms with Crippen molar-refractivity contribution in [2.75, 3.05) is 24.7 Å². The van der Waals surface area contributed by atoms with Gasteiger partial charge in [-0.2, -0.15) is 0 Å². The topological polar surface area (TPSA) is 55.4 Å². The molecule has 0 aliphatic carbocycles. The van der Waals surface area contributed by atoms with E-state index in [0.29, 0.717) is 24.1 Å². The monoisotopic (exact) mass is 293 g/mol. The van der Waals surface area contributed by atoms with Gasteiger partial charge in [0.1, 0.15) is 0 Å². The number of rotatable bonds is 7. The molecule has 0 spiro atoms. The Kier molecular flexibility index (Phi) is 6.92. The summed E-state index contributed by atoms with van der Waals surface area (Å²) in [6.45, 7) is 3.42. The zero-order valence-corrected chi connectivity index (χ0v) is 12.6. The molecule has 1 aliphatic heterocycles. The van der Waals surface area contributed by atoms with Gasteiger partial charge in [-0.05, 0) is 31.0 Å². The van der Waals surface area contributed by atoms with Crippen molar-refractivity contribution in [1.29, 1.82) is 0 Å². The van der Waals surface area contributed by atoms with Crippen LogP contribution < -0.4 is 5.32 Å². The van der Waals surface area contributed by atoms with Crippen LogP contribution in [0.15, 0.2) is 0 Å². The molecule has 0 aromatic rings. The van der Waals surface area contributed by atoms with Crippen LogP contribution in [0, 0.1) is 5.92 Å². The maximum absolute atomic E-state index is 11.3. The van der Waals surface area contributed by atoms with Crippen LogP contribution in [0.3, 0.4) is 0 Å². The predicted octanol–water partition coefficient (Wildman–Crippen LogP) is 1.89. The van der Waals surface area contributed by atoms with E-state index in [1.165, 1.54) is 19.3 Å². The third kappa shape index (κ3) is 6.54. The Bertz CT molecular complexity index is 354. The molecule has 0 bridgehead atoms. The Hall–Kier alpha value is -0.360. The summed E-state index contributed by atoms with van der Waals surface area (Å²) in [5, 5.41) is 3.40. The summed E-state index contributed by atoms with van der Waals surface area (Å²) in [5.74, 6) is 0.764. The van der Waals surface area contributed by atoms with Crippen LogP contribution in [0.5, 0.6) is 0 Å². The molecule has 1 saturated heterocycles. The average Bonchev–Trinajstić information content (AvgIpc) is 2.66. The van der Waals surface area contributed by atoms with Crippen LogP contribution >= 0.6 is 12.2 Å². The molecular formula is C12H23NO3S2. The molecule has 1 aliphatic rings. The average molecular weight is 293 g/mol. The zero-order valence-electron chi connectivity index (χ0n) is 11.0. The molecule has 0 radical (unpaired) electrons. The molecule has 0 aromatic heterocycles. The van der Waals surface area contributed by atoms with Gasteiger partial charge in [0.2, 0.25) is 0 Å². The van der Waals surface area contributed by atoms with E-state index in [4.69, 9.17) is 17.0 Å². The first-order valence-electron chi connectivity index (χ1n) is 6.64. The Balaban J connectivity index is 2.04. The largest absolute Gasteiger partial charge is 0.471 e. The van der Waals surface area contributed by atoms with Crippen molar-refractivity contribution >= 4 is 27.2 Å². The molecule has 18 heavy (non-hydrogen) atoms. The molecule has 0 aromatic carbocycles. The zero-order chi connectivity index (χ0) is 13.4. The summed E-state index contributed by atoms with van der Waals surface area (Å²) in [5.41, 5.74) is 0. The Morgan fingerprint density at radius 3 is 2.78 bits per heavy atom. The molecular weight excluding hydrogens is 270 g/mol. The molecule has 6 heteroatoms. The van der Waals surface area contributed by atoms with Crippen LogP contribution in [-0.2, 0) is 14.6 Å². The van der Waals surface area contributed by atoms with Gasteiger partial charge < -0.3 is 10.1 Å². The van der Waals surface area contributed by atoms with Crippen LogP contribution in [0.1, 0.15) is 39.0 Å². The van der Waals surface area contributed by atoms with Crippen molar-refractivity contribution < 1.29 is 13.2 Å². The van der Waals surface area contributed by atoms with Crippen LogP contribution in [-0.4, -0.2) is 38.2 Å². The molecule has 4 nitrogen and oxygen atoms in total. The van der Waals surface area contributed by atoms with Crippen LogP contribution in [0.25, 0.3) is 0 Å². The normalized spacial score (nSPS) is 21.7. The van der Waals surface area contributed by atoms with E-state index in [1.54, 1.807) is 0 Å². The Labute approximate surface area is 115 Å². The number of nitrogens with one attached hydrogen (secondary N) is 1. The molecule has 0 amide bonds. The van der Waals surface area contributed by atoms with Crippen LogP contribution in [0.2, 0.25) is 0 Å². The summed E-state index contributed by atoms with van der Waals surface area (Å²) in [4.78, 5) is 0. The molecule has 1 unspecified atom stereocenters. The van der Waals surface area contributed by atoms with Gasteiger partial charge in [0.05, 0.1) is 18.1 Å². The standard InChI is InChI=1S/C12H23NO3S2/c1-2-3-4-5-7-16-12(17)13-9-11-6-8-18(14,15)10-11/h11H,2-10H2,1H3,(H,13,17). The lowest BCUT2D eigenvalue weighted by molar-refractivity contribution is 0.285. The van der Waals surface area contributed by atoms with Crippen molar-refractivity contribution in [3.8, 4) is 0 Å². The minimum Gasteiger partial charge on any atom is -0.471 e. The highest BCUT2D eigenvalue weighted by atomic mass is 32.2. The lowest BCUT2D eigenvalue weighted by atomic mass is 10.1. The summed E-state index contributed by atoms with van der Waals surface area (Å²) < 4.78 is 27.9. The van der Waals surface area contributed by atoms with Gasteiger partial charge in [-0.15, -0.1) is 0 Å². The molecule has 1 fully saturated rings. The first kappa shape index (κ1) is 15.7. The minimum absolute atomic E-state index is 0.177. The van der Waals surface area contributed by atoms with Crippen molar-refractivity contribution in [2.24, 2.45) is 5.92 Å². The number of hydrogen-bond acceptors (Lipinski definition) is 4. The van der Waals surface area contributed by atoms with E-state index in [2.05, 4.69) is 12.2 Å². The maximum atomic E-state index is 11.3. The van der Waals surface area contributed by atoms with Gasteiger partial charge in [-0.3, -0.25) is 0 Å². The minimum atomic E-state index is -2.79. The third-order valence-electron chi connectivity index (χ3n) is 3.09. The van der Waals surface area contributed by atoms with Gasteiger partial charge >= 0.3 is 0 Å². The lowest BCUT2D eigenvalue weighted by Gasteiger charge is -2.12. The molecule has 1 heterocycles. The van der Waals surface area contributed by atoms with Gasteiger partial charge in [-0.25, -0.2) is 8.42 Å². The molecule has 1 rings (SSSR count). The van der Waals surface area contributed by atoms with Gasteiger partial charge in [0.25, 0.3) is 5.17 Å². The first-order chi connectivity index (χ1) is 8.53. The molecule has 106 valence electrons. The van der Waals surface area contributed by atoms with Crippen molar-refractivity contribution in [3.05, 3.63) is 0 Å². The van der Waals surface area contributed by atoms with E-state index in [9.17, 15) is 8.42 Å². The molecule has 0 saturated carbocycles. The molecule has 1 N–H and O–H groups in total. The maximum Gasteiger partial charge on any atom is 0.256 e. The number of sulfone groups is 1. The van der Waals surface area contributed by atoms with E-state index < -0.39 is 9.84 Å². The smallest absolute Gasteiger partial charge is 0.256 e. The highest BCUT2D eigenvalue weighted by Crippen LogP contribution is 2.17. The van der Waals surface area contributed by atoms with Crippen molar-refractivity contribution in [2.45, 2.75) is 39.0 Å². The second-order valence-corrected chi connectivity index (χ2v) is 7.45. The second kappa shape index (κ2) is 7.94. The van der Waals surface area contributed by atoms with Gasteiger partial charge in [-0.1, -0.05) is 26.2 Å². The highest BCUT2D eigenvalue weighted by molar-refractivity contribution is 7.91. The predicted molar refractivity (Wildman–Crippen MR) is 77.5 cm³/mol. The fraction of sp³-hybridized carbons (Fsp3) is 0.917. The summed E-state index contributed by atoms with van der Waals surface area (Å²) >= 11 is 5.04. The number of unbranched alkanes of at least 4 members (excludes halogenated alkanes) is 3. The SMILES string of the molecule is CCCCCCOC(=S)NCC1CCS(=O)(=O)C1. The summed E-state index contributed by atoms with van der Waals surface area (Å²) in [7, 11) is -2.79. The number of hydrogen-bond donors (Lipinski definition) is 1. The number of ether oxygens (including phenoxy) is 1. The van der Waals surface area contributed by atoms with E-state index in [-0.39, 0.29) is 11.7 Å². The third-order valence-corrected chi connectivity index (χ3v) is 5.19. The van der Waals surface area contributed by atoms with Crippen LogP contribution in [0.4, 0.5) is 0 Å². The fourth-order valence-corrected chi connectivity index (χ4v) is 4.03. The van der Waals surface area contributed by atoms with E-state index in [1.807, 2.05) is 0 Å². The summed E-state index contributed by atoms with van der Waals surface area (Å²) in [6.07, 6.45) is 5.35. The van der Waals surface area contributed by atoms with Crippen molar-refractivity contribution in [3.63, 3.8) is 0 Å². The van der Waals surface area contributed by atoms with Gasteiger partial charge in [0.15, 0.2) is 9.84 Å². The highest BCUT2D eigenvalue weighted by Gasteiger charge is 2.27. The van der Waals surface area contributed by atoms with E-state index >= 15 is 0 Å². The number of thiocarbonyl (C=S) groups is 1. The van der Waals surface area contributed by atoms with Crippen molar-refractivity contribution in [1.82, 2.24) is 5.32 Å². The second-order valence-electron chi connectivity index (χ2n) is 4.85. The van der Waals surface area contributed by atoms with Gasteiger partial charge in [0, 0.05) is 6.54 Å². The molecule has 1 atom stereocenters. The van der Waals surface area contributed by atoms with E-state index in [0.717, 1.165) is 12.8 Å². The Morgan fingerprint density at radius 1 is 1.39 bits per heavy atom. The first-order valence-corrected chi connectivity index (χ1v) is 8.87. The summed E-state index contributed by atoms with van der Waals surface area (Å²) in [6, 6.07) is 0. The Morgan fingerprint density at radius 2 is 2.17 bits per heavy atom. The fourth-order valence-electron chi connectivity index (χ4n) is 2.01. The lowest BCUT2D eigenvalue weighted by Crippen LogP contribution is -2.30. The quantitative estimate of drug-likeness (QED) is 0.574.